The zero-order chi connectivity index (χ0) is 18.7. The average Bonchev–Trinajstić information content (AvgIpc) is 2.91. The van der Waals surface area contributed by atoms with Crippen molar-refractivity contribution in [2.45, 2.75) is 32.6 Å². The predicted octanol–water partition coefficient (Wildman–Crippen LogP) is 3.82. The van der Waals surface area contributed by atoms with Crippen LogP contribution in [-0.4, -0.2) is 29.2 Å². The molecule has 1 N–H and O–H groups in total. The molecule has 1 aliphatic heterocycles. The molecule has 3 amide bonds. The normalized spacial score (nSPS) is 14.3. The quantitative estimate of drug-likeness (QED) is 0.805. The summed E-state index contributed by atoms with van der Waals surface area (Å²) in [6.07, 6.45) is 1.04. The van der Waals surface area contributed by atoms with Crippen molar-refractivity contribution in [3.63, 3.8) is 0 Å². The molecule has 2 aromatic rings. The van der Waals surface area contributed by atoms with Gasteiger partial charge in [-0.15, -0.1) is 0 Å². The van der Waals surface area contributed by atoms with Crippen LogP contribution in [0.4, 0.5) is 5.69 Å². The number of imide groups is 1. The number of nitrogens with zero attached hydrogens (tertiary/aromatic N) is 1. The third-order valence-electron chi connectivity index (χ3n) is 4.82. The van der Waals surface area contributed by atoms with E-state index < -0.39 is 0 Å². The Morgan fingerprint density at radius 1 is 1.00 bits per heavy atom. The minimum atomic E-state index is -0.335. The van der Waals surface area contributed by atoms with Gasteiger partial charge in [-0.25, -0.2) is 0 Å². The van der Waals surface area contributed by atoms with Gasteiger partial charge in [0.15, 0.2) is 0 Å². The summed E-state index contributed by atoms with van der Waals surface area (Å²) in [7, 11) is 0. The lowest BCUT2D eigenvalue weighted by molar-refractivity contribution is -0.116. The van der Waals surface area contributed by atoms with Gasteiger partial charge >= 0.3 is 0 Å². The van der Waals surface area contributed by atoms with Gasteiger partial charge in [0, 0.05) is 18.7 Å². The molecule has 0 radical (unpaired) electrons. The molecule has 0 aromatic heterocycles. The SMILES string of the molecule is CCC(C)c1ccccc1NC(=O)CCN1C(=O)c2ccccc2C1=O. The van der Waals surface area contributed by atoms with Gasteiger partial charge in [0.1, 0.15) is 0 Å². The molecule has 0 saturated heterocycles. The fourth-order valence-electron chi connectivity index (χ4n) is 3.13. The van der Waals surface area contributed by atoms with E-state index in [-0.39, 0.29) is 30.7 Å². The summed E-state index contributed by atoms with van der Waals surface area (Å²) in [5.41, 5.74) is 2.68. The van der Waals surface area contributed by atoms with Crippen LogP contribution < -0.4 is 5.32 Å². The second-order valence-corrected chi connectivity index (χ2v) is 6.50. The maximum atomic E-state index is 12.4. The van der Waals surface area contributed by atoms with Crippen molar-refractivity contribution in [1.29, 1.82) is 0 Å². The number of para-hydroxylation sites is 1. The smallest absolute Gasteiger partial charge is 0.261 e. The Morgan fingerprint density at radius 3 is 2.19 bits per heavy atom. The Hall–Kier alpha value is -2.95. The van der Waals surface area contributed by atoms with Crippen molar-refractivity contribution in [2.75, 3.05) is 11.9 Å². The summed E-state index contributed by atoms with van der Waals surface area (Å²) in [6.45, 7) is 4.29. The number of fused-ring (bicyclic) bond motifs is 1. The number of hydrogen-bond acceptors (Lipinski definition) is 3. The number of rotatable bonds is 6. The molecule has 134 valence electrons. The van der Waals surface area contributed by atoms with Gasteiger partial charge in [-0.05, 0) is 36.1 Å². The third-order valence-corrected chi connectivity index (χ3v) is 4.82. The van der Waals surface area contributed by atoms with E-state index in [1.165, 1.54) is 0 Å². The molecule has 0 bridgehead atoms. The standard InChI is InChI=1S/C21H22N2O3/c1-3-14(2)15-8-6-7-11-18(15)22-19(24)12-13-23-20(25)16-9-4-5-10-17(16)21(23)26/h4-11,14H,3,12-13H2,1-2H3,(H,22,24). The van der Waals surface area contributed by atoms with Crippen LogP contribution in [-0.2, 0) is 4.79 Å². The fourth-order valence-corrected chi connectivity index (χ4v) is 3.13. The van der Waals surface area contributed by atoms with E-state index in [4.69, 9.17) is 0 Å². The van der Waals surface area contributed by atoms with Crippen LogP contribution in [0.2, 0.25) is 0 Å². The van der Waals surface area contributed by atoms with Gasteiger partial charge < -0.3 is 5.32 Å². The van der Waals surface area contributed by atoms with Crippen molar-refractivity contribution in [1.82, 2.24) is 4.90 Å². The Kier molecular flexibility index (Phi) is 5.16. The highest BCUT2D eigenvalue weighted by molar-refractivity contribution is 6.21. The van der Waals surface area contributed by atoms with Crippen LogP contribution in [0.1, 0.15) is 58.9 Å². The van der Waals surface area contributed by atoms with Gasteiger partial charge in [-0.3, -0.25) is 19.3 Å². The Morgan fingerprint density at radius 2 is 1.58 bits per heavy atom. The Labute approximate surface area is 153 Å². The number of hydrogen-bond donors (Lipinski definition) is 1. The minimum Gasteiger partial charge on any atom is -0.326 e. The third kappa shape index (κ3) is 3.38. The number of nitrogens with one attached hydrogen (secondary N) is 1. The molecular formula is C21H22N2O3. The summed E-state index contributed by atoms with van der Waals surface area (Å²) >= 11 is 0. The van der Waals surface area contributed by atoms with Gasteiger partial charge in [-0.1, -0.05) is 44.2 Å². The van der Waals surface area contributed by atoms with Crippen molar-refractivity contribution in [3.8, 4) is 0 Å². The van der Waals surface area contributed by atoms with Crippen molar-refractivity contribution in [3.05, 3.63) is 65.2 Å². The topological polar surface area (TPSA) is 66.5 Å². The van der Waals surface area contributed by atoms with Crippen LogP contribution in [0.3, 0.4) is 0 Å². The first-order valence-electron chi connectivity index (χ1n) is 8.87. The maximum absolute atomic E-state index is 12.4. The Bertz CT molecular complexity index is 825. The van der Waals surface area contributed by atoms with Crippen LogP contribution in [0, 0.1) is 0 Å². The molecule has 1 heterocycles. The van der Waals surface area contributed by atoms with Crippen molar-refractivity contribution < 1.29 is 14.4 Å². The molecule has 3 rings (SSSR count). The summed E-state index contributed by atoms with van der Waals surface area (Å²) in [6, 6.07) is 14.4. The molecule has 0 spiro atoms. The molecule has 0 saturated carbocycles. The van der Waals surface area contributed by atoms with Gasteiger partial charge in [0.05, 0.1) is 11.1 Å². The van der Waals surface area contributed by atoms with E-state index in [1.54, 1.807) is 24.3 Å². The first kappa shape index (κ1) is 17.9. The number of amides is 3. The fraction of sp³-hybridized carbons (Fsp3) is 0.286. The Balaban J connectivity index is 1.64. The first-order chi connectivity index (χ1) is 12.5. The van der Waals surface area contributed by atoms with Crippen molar-refractivity contribution in [2.24, 2.45) is 0 Å². The van der Waals surface area contributed by atoms with E-state index in [1.807, 2.05) is 24.3 Å². The average molecular weight is 350 g/mol. The minimum absolute atomic E-state index is 0.0698. The monoisotopic (exact) mass is 350 g/mol. The summed E-state index contributed by atoms with van der Waals surface area (Å²) in [4.78, 5) is 38.2. The molecule has 1 unspecified atom stereocenters. The molecule has 5 nitrogen and oxygen atoms in total. The highest BCUT2D eigenvalue weighted by Crippen LogP contribution is 2.27. The van der Waals surface area contributed by atoms with Gasteiger partial charge in [-0.2, -0.15) is 0 Å². The highest BCUT2D eigenvalue weighted by atomic mass is 16.2. The number of benzene rings is 2. The van der Waals surface area contributed by atoms with E-state index in [0.29, 0.717) is 17.0 Å². The van der Waals surface area contributed by atoms with Crippen LogP contribution in [0.25, 0.3) is 0 Å². The van der Waals surface area contributed by atoms with Crippen LogP contribution in [0.15, 0.2) is 48.5 Å². The second-order valence-electron chi connectivity index (χ2n) is 6.50. The predicted molar refractivity (Wildman–Crippen MR) is 100 cm³/mol. The summed E-state index contributed by atoms with van der Waals surface area (Å²) < 4.78 is 0. The molecule has 0 fully saturated rings. The van der Waals surface area contributed by atoms with E-state index >= 15 is 0 Å². The van der Waals surface area contributed by atoms with E-state index in [0.717, 1.165) is 22.6 Å². The maximum Gasteiger partial charge on any atom is 0.261 e. The zero-order valence-corrected chi connectivity index (χ0v) is 15.0. The summed E-state index contributed by atoms with van der Waals surface area (Å²) in [5.74, 6) is -0.545. The zero-order valence-electron chi connectivity index (χ0n) is 15.0. The first-order valence-corrected chi connectivity index (χ1v) is 8.87. The van der Waals surface area contributed by atoms with Crippen LogP contribution >= 0.6 is 0 Å². The molecule has 1 aliphatic rings. The highest BCUT2D eigenvalue weighted by Gasteiger charge is 2.34. The van der Waals surface area contributed by atoms with E-state index in [9.17, 15) is 14.4 Å². The lowest BCUT2D eigenvalue weighted by atomic mass is 9.97. The van der Waals surface area contributed by atoms with Crippen LogP contribution in [0.5, 0.6) is 0 Å². The molecule has 5 heteroatoms. The largest absolute Gasteiger partial charge is 0.326 e. The van der Waals surface area contributed by atoms with Gasteiger partial charge in [0.25, 0.3) is 11.8 Å². The molecule has 0 aliphatic carbocycles. The molecule has 1 atom stereocenters. The number of carbonyl (C=O) groups is 3. The lowest BCUT2D eigenvalue weighted by Gasteiger charge is -2.17. The number of anilines is 1. The summed E-state index contributed by atoms with van der Waals surface area (Å²) in [5, 5.41) is 2.91. The molecular weight excluding hydrogens is 328 g/mol. The lowest BCUT2D eigenvalue weighted by Crippen LogP contribution is -2.33. The van der Waals surface area contributed by atoms with Crippen molar-refractivity contribution >= 4 is 23.4 Å². The molecule has 26 heavy (non-hydrogen) atoms. The molecule has 2 aromatic carbocycles. The van der Waals surface area contributed by atoms with E-state index in [2.05, 4.69) is 19.2 Å². The number of carbonyl (C=O) groups excluding carboxylic acids is 3. The second kappa shape index (κ2) is 7.52. The van der Waals surface area contributed by atoms with Gasteiger partial charge in [0.2, 0.25) is 5.91 Å².